The molecular weight excluding hydrogens is 1000 g/mol. The summed E-state index contributed by atoms with van der Waals surface area (Å²) in [6, 6.07) is 14.4. The summed E-state index contributed by atoms with van der Waals surface area (Å²) in [6.07, 6.45) is 5.73. The molecule has 17 nitrogen and oxygen atoms in total. The van der Waals surface area contributed by atoms with E-state index in [9.17, 15) is 18.9 Å². The van der Waals surface area contributed by atoms with Crippen molar-refractivity contribution in [1.82, 2.24) is 34.6 Å². The van der Waals surface area contributed by atoms with Crippen LogP contribution in [0.5, 0.6) is 5.75 Å². The largest absolute Gasteiger partial charge is 0.492 e. The van der Waals surface area contributed by atoms with E-state index in [0.717, 1.165) is 105 Å². The first-order valence-electron chi connectivity index (χ1n) is 25.2. The summed E-state index contributed by atoms with van der Waals surface area (Å²) in [4.78, 5) is 61.4. The topological polar surface area (TPSA) is 183 Å². The van der Waals surface area contributed by atoms with Crippen LogP contribution in [0.3, 0.4) is 0 Å². The zero-order valence-corrected chi connectivity index (χ0v) is 44.0. The van der Waals surface area contributed by atoms with Gasteiger partial charge >= 0.3 is 5.76 Å². The molecule has 0 spiro atoms. The Labute approximate surface area is 426 Å². The van der Waals surface area contributed by atoms with E-state index in [1.165, 1.54) is 28.0 Å². The van der Waals surface area contributed by atoms with Gasteiger partial charge in [0.05, 0.1) is 39.2 Å². The van der Waals surface area contributed by atoms with Crippen molar-refractivity contribution in [3.05, 3.63) is 86.8 Å². The van der Waals surface area contributed by atoms with Crippen LogP contribution >= 0.6 is 23.1 Å². The number of anilines is 6. The van der Waals surface area contributed by atoms with Crippen molar-refractivity contribution >= 4 is 96.7 Å². The van der Waals surface area contributed by atoms with Crippen LogP contribution in [-0.2, 0) is 27.0 Å². The molecule has 0 saturated carbocycles. The number of aryl methyl sites for hydroxylation is 2. The second-order valence-corrected chi connectivity index (χ2v) is 23.7. The Morgan fingerprint density at radius 3 is 2.36 bits per heavy atom. The molecule has 4 aliphatic rings. The lowest BCUT2D eigenvalue weighted by Gasteiger charge is -2.46. The molecule has 6 aromatic rings. The van der Waals surface area contributed by atoms with Crippen LogP contribution in [0.2, 0.25) is 0 Å². The van der Waals surface area contributed by atoms with Gasteiger partial charge in [-0.1, -0.05) is 19.9 Å². The first kappa shape index (κ1) is 49.7. The number of imide groups is 1. The zero-order chi connectivity index (χ0) is 50.4. The summed E-state index contributed by atoms with van der Waals surface area (Å²) in [5.74, 6) is -0.193. The molecule has 1 unspecified atom stereocenters. The van der Waals surface area contributed by atoms with Crippen molar-refractivity contribution in [2.75, 3.05) is 99.3 Å². The maximum absolute atomic E-state index is 15.0. The highest BCUT2D eigenvalue weighted by molar-refractivity contribution is 9.10. The number of pyridine rings is 1. The van der Waals surface area contributed by atoms with Crippen molar-refractivity contribution in [2.24, 2.45) is 5.92 Å². The van der Waals surface area contributed by atoms with Crippen LogP contribution in [0.4, 0.5) is 38.9 Å². The molecule has 3 aromatic heterocycles. The van der Waals surface area contributed by atoms with Gasteiger partial charge in [-0.2, -0.15) is 4.98 Å². The fourth-order valence-corrected chi connectivity index (χ4v) is 12.8. The molecule has 4 fully saturated rings. The van der Waals surface area contributed by atoms with Crippen molar-refractivity contribution in [3.63, 3.8) is 0 Å². The summed E-state index contributed by atoms with van der Waals surface area (Å²) in [6.45, 7) is 18.5. The number of carbonyl (C=O) groups excluding carboxylic acids is 2. The van der Waals surface area contributed by atoms with Gasteiger partial charge in [-0.15, -0.1) is 0 Å². The third-order valence-electron chi connectivity index (χ3n) is 14.6. The van der Waals surface area contributed by atoms with E-state index < -0.39 is 36.6 Å². The number of amides is 2. The first-order chi connectivity index (χ1) is 34.7. The number of nitrogens with zero attached hydrogens (tertiary/aromatic N) is 8. The number of piperidine rings is 2. The number of benzene rings is 3. The van der Waals surface area contributed by atoms with Crippen LogP contribution in [-0.4, -0.2) is 126 Å². The quantitative estimate of drug-likeness (QED) is 0.0669. The predicted molar refractivity (Wildman–Crippen MR) is 284 cm³/mol. The number of halogens is 2. The Morgan fingerprint density at radius 1 is 0.875 bits per heavy atom. The van der Waals surface area contributed by atoms with E-state index >= 15 is 4.39 Å². The molecule has 10 rings (SSSR count). The normalized spacial score (nSPS) is 18.7. The average molecular weight is 1070 g/mol. The van der Waals surface area contributed by atoms with Crippen LogP contribution in [0, 0.1) is 11.7 Å². The van der Waals surface area contributed by atoms with E-state index in [1.807, 2.05) is 36.1 Å². The number of hydrogen-bond donors (Lipinski definition) is 3. The molecule has 380 valence electrons. The van der Waals surface area contributed by atoms with E-state index in [-0.39, 0.29) is 23.9 Å². The van der Waals surface area contributed by atoms with Crippen LogP contribution in [0.25, 0.3) is 22.0 Å². The van der Waals surface area contributed by atoms with Gasteiger partial charge in [0.2, 0.25) is 17.8 Å². The number of piperazine rings is 1. The highest BCUT2D eigenvalue weighted by Gasteiger charge is 2.36. The smallest absolute Gasteiger partial charge is 0.420 e. The maximum Gasteiger partial charge on any atom is 0.420 e. The molecule has 4 aliphatic heterocycles. The van der Waals surface area contributed by atoms with E-state index in [2.05, 4.69) is 77.5 Å². The molecule has 0 radical (unpaired) electrons. The number of oxazole rings is 1. The minimum atomic E-state index is -2.75. The van der Waals surface area contributed by atoms with Crippen molar-refractivity contribution in [3.8, 4) is 5.75 Å². The van der Waals surface area contributed by atoms with Gasteiger partial charge in [-0.25, -0.2) is 14.2 Å². The van der Waals surface area contributed by atoms with Gasteiger partial charge in [0, 0.05) is 124 Å². The highest BCUT2D eigenvalue weighted by atomic mass is 79.9. The Morgan fingerprint density at radius 2 is 1.65 bits per heavy atom. The lowest BCUT2D eigenvalue weighted by molar-refractivity contribution is -0.135. The molecule has 3 aromatic carbocycles. The van der Waals surface area contributed by atoms with Gasteiger partial charge in [0.1, 0.15) is 30.6 Å². The Bertz CT molecular complexity index is 3160. The fourth-order valence-electron chi connectivity index (χ4n) is 11.0. The first-order valence-corrected chi connectivity index (χ1v) is 28.6. The van der Waals surface area contributed by atoms with Crippen LogP contribution < -0.4 is 41.5 Å². The lowest BCUT2D eigenvalue weighted by Crippen LogP contribution is -2.57. The molecule has 7 heterocycles. The summed E-state index contributed by atoms with van der Waals surface area (Å²) >= 11 is 3.64. The summed E-state index contributed by atoms with van der Waals surface area (Å²) in [5.41, 5.74) is 6.67. The minimum absolute atomic E-state index is 0.0943. The second-order valence-electron chi connectivity index (χ2n) is 19.7. The van der Waals surface area contributed by atoms with Crippen molar-refractivity contribution in [2.45, 2.75) is 71.4 Å². The third kappa shape index (κ3) is 10.1. The average Bonchev–Trinajstić information content (AvgIpc) is 3.68. The molecule has 4 saturated heterocycles. The number of carbonyl (C=O) groups is 2. The number of nitrogens with one attached hydrogen (secondary N) is 3. The van der Waals surface area contributed by atoms with Gasteiger partial charge < -0.3 is 39.1 Å². The molecular formula is C52H62BrFN11O6P. The maximum atomic E-state index is 15.0. The second kappa shape index (κ2) is 20.6. The molecule has 0 bridgehead atoms. The van der Waals surface area contributed by atoms with Crippen molar-refractivity contribution in [1.29, 1.82) is 0 Å². The summed E-state index contributed by atoms with van der Waals surface area (Å²) < 4.78 is 42.6. The number of ether oxygens (including phenoxy) is 1. The van der Waals surface area contributed by atoms with Crippen LogP contribution in [0.1, 0.15) is 63.8 Å². The Kier molecular flexibility index (Phi) is 14.2. The molecule has 20 heteroatoms. The lowest BCUT2D eigenvalue weighted by atomic mass is 9.97. The van der Waals surface area contributed by atoms with Gasteiger partial charge in [0.25, 0.3) is 0 Å². The molecule has 3 N–H and O–H groups in total. The number of hydrogen-bond acceptors (Lipinski definition) is 15. The van der Waals surface area contributed by atoms with E-state index in [0.29, 0.717) is 59.3 Å². The number of rotatable bonds is 15. The summed E-state index contributed by atoms with van der Waals surface area (Å²) in [5, 5.41) is 10.8. The number of fused-ring (bicyclic) bond motifs is 2. The van der Waals surface area contributed by atoms with Gasteiger partial charge in [-0.3, -0.25) is 29.4 Å². The predicted octanol–water partition coefficient (Wildman–Crippen LogP) is 7.79. The highest BCUT2D eigenvalue weighted by Crippen LogP contribution is 2.43. The van der Waals surface area contributed by atoms with E-state index in [4.69, 9.17) is 19.1 Å². The third-order valence-corrected chi connectivity index (χ3v) is 16.8. The fraction of sp³-hybridized carbons (Fsp3) is 0.462. The standard InChI is InChI=1S/C52H62BrFN11O6P/c1-6-32-23-40(58-51-55-27-37(53)49(60-51)57-39-12-11-38-36(48(39)72(4,5)69)10-9-34(7-2)56-38)45(70-8-3)26-42(32)63-17-15-35(16-18-63)62-21-19-61(20-22-62)28-31-29-64(30-31)43-24-33(54)25-44-47(43)71-52(68)65(44)41-13-14-46(66)59-50(41)67/h9-12,23-27,31,35,41H,6-8,13-22,28-30H2,1-5H3,(H,59,66,67)(H2,55,57,58,60). The summed E-state index contributed by atoms with van der Waals surface area (Å²) in [7, 11) is -2.75. The van der Waals surface area contributed by atoms with Crippen molar-refractivity contribution < 1.29 is 27.7 Å². The van der Waals surface area contributed by atoms with Gasteiger partial charge in [0.15, 0.2) is 5.58 Å². The number of aromatic nitrogens is 4. The SMILES string of the molecule is CCOc1cc(N2CCC(N3CCN(CC4CN(c5cc(F)cc6c5oc(=O)n6C5CCC(=O)NC5=O)C4)CC3)CC2)c(CC)cc1Nc1ncc(Br)c(Nc2ccc3nc(CC)ccc3c2P(C)(C)=O)n1. The molecule has 1 atom stereocenters. The molecule has 72 heavy (non-hydrogen) atoms. The zero-order valence-electron chi connectivity index (χ0n) is 41.5. The Balaban J connectivity index is 0.746. The van der Waals surface area contributed by atoms with Gasteiger partial charge in [-0.05, 0) is 98.1 Å². The molecule has 0 aliphatic carbocycles. The van der Waals surface area contributed by atoms with E-state index in [1.54, 1.807) is 19.5 Å². The monoisotopic (exact) mass is 1070 g/mol. The Hall–Kier alpha value is -5.88. The minimum Gasteiger partial charge on any atom is -0.492 e. The molecule has 2 amide bonds. The van der Waals surface area contributed by atoms with Crippen LogP contribution in [0.15, 0.2) is 68.4 Å².